The molecule has 2 aromatic carbocycles. The zero-order valence-electron chi connectivity index (χ0n) is 13.0. The van der Waals surface area contributed by atoms with Gasteiger partial charge in [-0.3, -0.25) is 10.1 Å². The maximum Gasteiger partial charge on any atom is 0.319 e. The van der Waals surface area contributed by atoms with Crippen molar-refractivity contribution in [3.05, 3.63) is 69.5 Å². The number of hydrogen-bond acceptors (Lipinski definition) is 3. The Bertz CT molecular complexity index is 809. The molecule has 124 valence electrons. The first-order chi connectivity index (χ1) is 11.5. The van der Waals surface area contributed by atoms with Crippen molar-refractivity contribution in [2.24, 2.45) is 0 Å². The minimum absolute atomic E-state index is 0.0446. The van der Waals surface area contributed by atoms with E-state index in [2.05, 4.69) is 10.6 Å². The Balaban J connectivity index is 1.62. The molecular formula is C17H16FN3O3. The fourth-order valence-corrected chi connectivity index (χ4v) is 2.74. The van der Waals surface area contributed by atoms with Crippen LogP contribution in [0.1, 0.15) is 23.5 Å². The highest BCUT2D eigenvalue weighted by atomic mass is 19.1. The van der Waals surface area contributed by atoms with Crippen LogP contribution in [-0.2, 0) is 0 Å². The Hall–Kier alpha value is -2.96. The van der Waals surface area contributed by atoms with Gasteiger partial charge >= 0.3 is 6.03 Å². The van der Waals surface area contributed by atoms with Gasteiger partial charge in [0, 0.05) is 18.0 Å². The number of urea groups is 1. The van der Waals surface area contributed by atoms with Gasteiger partial charge in [0.1, 0.15) is 5.82 Å². The van der Waals surface area contributed by atoms with Gasteiger partial charge in [0.15, 0.2) is 0 Å². The number of nitrogens with zero attached hydrogens (tertiary/aromatic N) is 1. The average molecular weight is 329 g/mol. The number of carbonyl (C=O) groups is 1. The largest absolute Gasteiger partial charge is 0.334 e. The maximum absolute atomic E-state index is 13.2. The molecule has 3 rings (SSSR count). The summed E-state index contributed by atoms with van der Waals surface area (Å²) in [5, 5.41) is 16.4. The number of anilines is 1. The van der Waals surface area contributed by atoms with E-state index in [-0.39, 0.29) is 23.5 Å². The Labute approximate surface area is 137 Å². The van der Waals surface area contributed by atoms with E-state index < -0.39 is 11.0 Å². The normalized spacial score (nSPS) is 18.8. The summed E-state index contributed by atoms with van der Waals surface area (Å²) in [5.74, 6) is -0.201. The number of amides is 2. The number of benzene rings is 2. The van der Waals surface area contributed by atoms with Crippen molar-refractivity contribution in [3.63, 3.8) is 0 Å². The zero-order chi connectivity index (χ0) is 17.3. The smallest absolute Gasteiger partial charge is 0.319 e. The van der Waals surface area contributed by atoms with Crippen LogP contribution in [0, 0.1) is 22.9 Å². The van der Waals surface area contributed by atoms with Crippen molar-refractivity contribution in [1.82, 2.24) is 5.32 Å². The average Bonchev–Trinajstić information content (AvgIpc) is 3.28. The summed E-state index contributed by atoms with van der Waals surface area (Å²) in [6.45, 7) is 1.58. The number of nitrogens with one attached hydrogen (secondary N) is 2. The molecule has 1 fully saturated rings. The van der Waals surface area contributed by atoms with Gasteiger partial charge in [0.2, 0.25) is 0 Å². The number of halogens is 1. The molecule has 2 atom stereocenters. The number of carbonyl (C=O) groups excluding carboxylic acids is 1. The molecule has 2 amide bonds. The van der Waals surface area contributed by atoms with E-state index >= 15 is 0 Å². The Morgan fingerprint density at radius 2 is 2.04 bits per heavy atom. The predicted molar refractivity (Wildman–Crippen MR) is 87.5 cm³/mol. The predicted octanol–water partition coefficient (Wildman–Crippen LogP) is 3.72. The lowest BCUT2D eigenvalue weighted by Crippen LogP contribution is -2.31. The Morgan fingerprint density at radius 3 is 2.75 bits per heavy atom. The summed E-state index contributed by atoms with van der Waals surface area (Å²) in [6.07, 6.45) is 0.741. The highest BCUT2D eigenvalue weighted by molar-refractivity contribution is 5.91. The number of hydrogen-bond donors (Lipinski definition) is 2. The topological polar surface area (TPSA) is 84.3 Å². The van der Waals surface area contributed by atoms with E-state index in [1.54, 1.807) is 19.1 Å². The molecule has 1 aliphatic rings. The first kappa shape index (κ1) is 15.9. The lowest BCUT2D eigenvalue weighted by atomic mass is 10.1. The standard InChI is InChI=1S/C17H16FN3O3/c1-10-14(6-3-7-16(10)21(23)24)19-17(22)20-15-9-13(15)11-4-2-5-12(18)8-11/h2-8,13,15H,9H2,1H3,(H2,19,20,22)/t13-,15-/m0/s1. The minimum atomic E-state index is -0.487. The van der Waals surface area contributed by atoms with Crippen molar-refractivity contribution in [2.45, 2.75) is 25.3 Å². The van der Waals surface area contributed by atoms with Gasteiger partial charge in [-0.2, -0.15) is 0 Å². The SMILES string of the molecule is Cc1c(NC(=O)N[C@H]2C[C@H]2c2cccc(F)c2)cccc1[N+](=O)[O-]. The van der Waals surface area contributed by atoms with Crippen LogP contribution in [-0.4, -0.2) is 17.0 Å². The minimum Gasteiger partial charge on any atom is -0.334 e. The van der Waals surface area contributed by atoms with E-state index in [0.717, 1.165) is 12.0 Å². The fraction of sp³-hybridized carbons (Fsp3) is 0.235. The molecule has 6 nitrogen and oxygen atoms in total. The van der Waals surface area contributed by atoms with Gasteiger partial charge in [-0.1, -0.05) is 18.2 Å². The molecule has 0 aliphatic heterocycles. The highest BCUT2D eigenvalue weighted by Gasteiger charge is 2.39. The van der Waals surface area contributed by atoms with Gasteiger partial charge in [0.05, 0.1) is 16.2 Å². The van der Waals surface area contributed by atoms with Gasteiger partial charge in [-0.05, 0) is 37.1 Å². The van der Waals surface area contributed by atoms with Gasteiger partial charge in [0.25, 0.3) is 5.69 Å². The van der Waals surface area contributed by atoms with Gasteiger partial charge in [-0.15, -0.1) is 0 Å². The van der Waals surface area contributed by atoms with Crippen molar-refractivity contribution in [1.29, 1.82) is 0 Å². The third-order valence-corrected chi connectivity index (χ3v) is 4.13. The monoisotopic (exact) mass is 329 g/mol. The van der Waals surface area contributed by atoms with Crippen molar-refractivity contribution in [2.75, 3.05) is 5.32 Å². The Kier molecular flexibility index (Phi) is 4.16. The molecule has 0 bridgehead atoms. The summed E-state index contributed by atoms with van der Waals surface area (Å²) in [7, 11) is 0. The van der Waals surface area contributed by atoms with Crippen molar-refractivity contribution >= 4 is 17.4 Å². The molecule has 0 radical (unpaired) electrons. The molecular weight excluding hydrogens is 313 g/mol. The van der Waals surface area contributed by atoms with Crippen LogP contribution in [0.3, 0.4) is 0 Å². The summed E-state index contributed by atoms with van der Waals surface area (Å²) in [6, 6.07) is 10.4. The summed E-state index contributed by atoms with van der Waals surface area (Å²) in [4.78, 5) is 22.5. The van der Waals surface area contributed by atoms with Crippen LogP contribution in [0.15, 0.2) is 42.5 Å². The van der Waals surface area contributed by atoms with E-state index in [4.69, 9.17) is 0 Å². The molecule has 0 heterocycles. The quantitative estimate of drug-likeness (QED) is 0.662. The van der Waals surface area contributed by atoms with E-state index in [9.17, 15) is 19.3 Å². The second-order valence-electron chi connectivity index (χ2n) is 5.81. The highest BCUT2D eigenvalue weighted by Crippen LogP contribution is 2.41. The Morgan fingerprint density at radius 1 is 1.29 bits per heavy atom. The molecule has 24 heavy (non-hydrogen) atoms. The van der Waals surface area contributed by atoms with Crippen LogP contribution in [0.4, 0.5) is 20.6 Å². The van der Waals surface area contributed by atoms with Crippen LogP contribution in [0.2, 0.25) is 0 Å². The molecule has 0 spiro atoms. The van der Waals surface area contributed by atoms with Crippen LogP contribution < -0.4 is 10.6 Å². The van der Waals surface area contributed by atoms with Crippen LogP contribution >= 0.6 is 0 Å². The number of rotatable bonds is 4. The first-order valence-corrected chi connectivity index (χ1v) is 7.52. The lowest BCUT2D eigenvalue weighted by Gasteiger charge is -2.10. The van der Waals surface area contributed by atoms with E-state index in [0.29, 0.717) is 11.3 Å². The molecule has 1 saturated carbocycles. The molecule has 2 N–H and O–H groups in total. The second-order valence-corrected chi connectivity index (χ2v) is 5.81. The van der Waals surface area contributed by atoms with E-state index in [1.807, 2.05) is 6.07 Å². The molecule has 0 saturated heterocycles. The zero-order valence-corrected chi connectivity index (χ0v) is 13.0. The van der Waals surface area contributed by atoms with E-state index in [1.165, 1.54) is 24.3 Å². The molecule has 7 heteroatoms. The summed E-state index contributed by atoms with van der Waals surface area (Å²) < 4.78 is 13.2. The third-order valence-electron chi connectivity index (χ3n) is 4.13. The number of nitro groups is 1. The second kappa shape index (κ2) is 6.27. The first-order valence-electron chi connectivity index (χ1n) is 7.52. The molecule has 2 aromatic rings. The van der Waals surface area contributed by atoms with Crippen molar-refractivity contribution < 1.29 is 14.1 Å². The number of nitro benzene ring substituents is 1. The van der Waals surface area contributed by atoms with Crippen LogP contribution in [0.25, 0.3) is 0 Å². The summed E-state index contributed by atoms with van der Waals surface area (Å²) in [5.41, 5.74) is 1.60. The molecule has 0 unspecified atom stereocenters. The molecule has 1 aliphatic carbocycles. The van der Waals surface area contributed by atoms with Crippen LogP contribution in [0.5, 0.6) is 0 Å². The van der Waals surface area contributed by atoms with Gasteiger partial charge < -0.3 is 10.6 Å². The fourth-order valence-electron chi connectivity index (χ4n) is 2.74. The maximum atomic E-state index is 13.2. The van der Waals surface area contributed by atoms with Crippen molar-refractivity contribution in [3.8, 4) is 0 Å². The summed E-state index contributed by atoms with van der Waals surface area (Å²) >= 11 is 0. The molecule has 0 aromatic heterocycles. The lowest BCUT2D eigenvalue weighted by molar-refractivity contribution is -0.385. The third kappa shape index (κ3) is 3.34. The van der Waals surface area contributed by atoms with Gasteiger partial charge in [-0.25, -0.2) is 9.18 Å².